The van der Waals surface area contributed by atoms with Gasteiger partial charge in [0.1, 0.15) is 22.9 Å². The first-order chi connectivity index (χ1) is 13.6. The molecule has 0 saturated heterocycles. The smallest absolute Gasteiger partial charge is 0.271 e. The van der Waals surface area contributed by atoms with Crippen LogP contribution in [0.4, 0.5) is 17.3 Å². The van der Waals surface area contributed by atoms with Crippen LogP contribution in [0.5, 0.6) is 0 Å². The predicted octanol–water partition coefficient (Wildman–Crippen LogP) is 1.11. The number of methoxy groups -OCH3 is 1. The van der Waals surface area contributed by atoms with Crippen molar-refractivity contribution in [2.45, 2.75) is 25.0 Å². The van der Waals surface area contributed by atoms with Gasteiger partial charge < -0.3 is 25.7 Å². The highest BCUT2D eigenvalue weighted by Gasteiger charge is 2.33. The van der Waals surface area contributed by atoms with E-state index in [4.69, 9.17) is 4.74 Å². The number of carbonyl (C=O) groups excluding carboxylic acids is 1. The van der Waals surface area contributed by atoms with Gasteiger partial charge in [-0.3, -0.25) is 9.59 Å². The molecule has 0 bridgehead atoms. The van der Waals surface area contributed by atoms with E-state index >= 15 is 0 Å². The Hall–Kier alpha value is -3.40. The number of pyridine rings is 1. The van der Waals surface area contributed by atoms with E-state index in [1.165, 1.54) is 6.20 Å². The number of aromatic amines is 1. The Labute approximate surface area is 160 Å². The molecule has 0 unspecified atom stereocenters. The summed E-state index contributed by atoms with van der Waals surface area (Å²) in [5.74, 6) is 0.782. The SMILES string of the molecule is CNc1cc(Nc2ccc[nH]c2=O)nc2c(C(=O)N[C@H]3CC[C@@H]3OC)cnn12. The quantitative estimate of drug-likeness (QED) is 0.502. The highest BCUT2D eigenvalue weighted by Crippen LogP contribution is 2.24. The van der Waals surface area contributed by atoms with Crippen molar-refractivity contribution >= 4 is 28.9 Å². The minimum Gasteiger partial charge on any atom is -0.379 e. The summed E-state index contributed by atoms with van der Waals surface area (Å²) in [5.41, 5.74) is 0.818. The molecule has 1 aliphatic carbocycles. The lowest BCUT2D eigenvalue weighted by atomic mass is 9.89. The molecule has 3 aromatic rings. The van der Waals surface area contributed by atoms with Crippen molar-refractivity contribution in [1.82, 2.24) is 24.9 Å². The summed E-state index contributed by atoms with van der Waals surface area (Å²) >= 11 is 0. The van der Waals surface area contributed by atoms with Crippen LogP contribution in [-0.4, -0.2) is 51.8 Å². The highest BCUT2D eigenvalue weighted by molar-refractivity contribution is 6.00. The van der Waals surface area contributed by atoms with Crippen LogP contribution >= 0.6 is 0 Å². The van der Waals surface area contributed by atoms with Crippen molar-refractivity contribution in [2.75, 3.05) is 24.8 Å². The summed E-state index contributed by atoms with van der Waals surface area (Å²) in [4.78, 5) is 31.8. The second-order valence-corrected chi connectivity index (χ2v) is 6.54. The van der Waals surface area contributed by atoms with Crippen LogP contribution in [0.2, 0.25) is 0 Å². The molecule has 4 rings (SSSR count). The Morgan fingerprint density at radius 1 is 1.39 bits per heavy atom. The predicted molar refractivity (Wildman–Crippen MR) is 104 cm³/mol. The van der Waals surface area contributed by atoms with Gasteiger partial charge >= 0.3 is 0 Å². The maximum Gasteiger partial charge on any atom is 0.271 e. The molecular formula is C18H21N7O3. The summed E-state index contributed by atoms with van der Waals surface area (Å²) in [7, 11) is 3.38. The van der Waals surface area contributed by atoms with Crippen LogP contribution in [0.25, 0.3) is 5.65 Å². The van der Waals surface area contributed by atoms with Crippen LogP contribution in [0.3, 0.4) is 0 Å². The molecule has 1 saturated carbocycles. The minimum absolute atomic E-state index is 0.0135. The first-order valence-electron chi connectivity index (χ1n) is 8.95. The van der Waals surface area contributed by atoms with Crippen LogP contribution in [0, 0.1) is 0 Å². The molecule has 3 aromatic heterocycles. The summed E-state index contributed by atoms with van der Waals surface area (Å²) < 4.78 is 6.88. The van der Waals surface area contributed by atoms with E-state index in [1.54, 1.807) is 43.1 Å². The fourth-order valence-corrected chi connectivity index (χ4v) is 3.19. The lowest BCUT2D eigenvalue weighted by Crippen LogP contribution is -2.51. The van der Waals surface area contributed by atoms with Crippen molar-refractivity contribution < 1.29 is 9.53 Å². The fraction of sp³-hybridized carbons (Fsp3) is 0.333. The Bertz CT molecular complexity index is 1070. The third-order valence-electron chi connectivity index (χ3n) is 4.88. The Balaban J connectivity index is 1.68. The zero-order chi connectivity index (χ0) is 19.7. The molecule has 0 aromatic carbocycles. The maximum atomic E-state index is 12.8. The molecular weight excluding hydrogens is 362 g/mol. The molecule has 10 nitrogen and oxygen atoms in total. The number of nitrogens with zero attached hydrogens (tertiary/aromatic N) is 3. The van der Waals surface area contributed by atoms with Gasteiger partial charge in [0.15, 0.2) is 5.65 Å². The lowest BCUT2D eigenvalue weighted by Gasteiger charge is -2.35. The largest absolute Gasteiger partial charge is 0.379 e. The number of nitrogens with one attached hydrogen (secondary N) is 4. The number of amides is 1. The van der Waals surface area contributed by atoms with Crippen molar-refractivity contribution in [2.24, 2.45) is 0 Å². The van der Waals surface area contributed by atoms with Gasteiger partial charge in [-0.05, 0) is 25.0 Å². The van der Waals surface area contributed by atoms with Crippen LogP contribution in [0.15, 0.2) is 35.4 Å². The normalized spacial score (nSPS) is 18.5. The zero-order valence-electron chi connectivity index (χ0n) is 15.5. The average molecular weight is 383 g/mol. The van der Waals surface area contributed by atoms with E-state index in [2.05, 4.69) is 31.0 Å². The number of hydrogen-bond acceptors (Lipinski definition) is 7. The molecule has 28 heavy (non-hydrogen) atoms. The van der Waals surface area contributed by atoms with E-state index in [-0.39, 0.29) is 23.6 Å². The topological polar surface area (TPSA) is 125 Å². The number of rotatable bonds is 6. The number of fused-ring (bicyclic) bond motifs is 1. The van der Waals surface area contributed by atoms with Gasteiger partial charge in [-0.1, -0.05) is 0 Å². The van der Waals surface area contributed by atoms with E-state index in [9.17, 15) is 9.59 Å². The second kappa shape index (κ2) is 7.31. The molecule has 1 aliphatic rings. The Kier molecular flexibility index (Phi) is 4.70. The van der Waals surface area contributed by atoms with Gasteiger partial charge in [-0.15, -0.1) is 0 Å². The van der Waals surface area contributed by atoms with E-state index in [1.807, 2.05) is 0 Å². The number of ether oxygens (including phenoxy) is 1. The molecule has 0 radical (unpaired) electrons. The summed E-state index contributed by atoms with van der Waals surface area (Å²) in [6.07, 6.45) is 4.88. The van der Waals surface area contributed by atoms with Gasteiger partial charge in [0, 0.05) is 26.4 Å². The molecule has 146 valence electrons. The summed E-state index contributed by atoms with van der Waals surface area (Å²) in [6, 6.07) is 5.06. The molecule has 0 spiro atoms. The second-order valence-electron chi connectivity index (χ2n) is 6.54. The van der Waals surface area contributed by atoms with Crippen molar-refractivity contribution in [3.8, 4) is 0 Å². The van der Waals surface area contributed by atoms with Gasteiger partial charge in [-0.2, -0.15) is 9.61 Å². The minimum atomic E-state index is -0.266. The van der Waals surface area contributed by atoms with Gasteiger partial charge in [-0.25, -0.2) is 4.98 Å². The zero-order valence-corrected chi connectivity index (χ0v) is 15.5. The molecule has 4 N–H and O–H groups in total. The molecule has 2 atom stereocenters. The molecule has 1 amide bonds. The number of aromatic nitrogens is 4. The van der Waals surface area contributed by atoms with E-state index < -0.39 is 0 Å². The number of carbonyl (C=O) groups is 1. The standard InChI is InChI=1S/C18H21N7O3/c1-19-15-8-14(22-12-4-3-7-20-18(12)27)24-16-10(9-21-25(15)16)17(26)23-11-5-6-13(11)28-2/h3-4,7-9,11,13,19H,5-6H2,1-2H3,(H,20,27)(H,22,24)(H,23,26)/t11-,13-/m0/s1. The van der Waals surface area contributed by atoms with Crippen molar-refractivity contribution in [1.29, 1.82) is 0 Å². The van der Waals surface area contributed by atoms with Crippen molar-refractivity contribution in [3.63, 3.8) is 0 Å². The van der Waals surface area contributed by atoms with E-state index in [0.717, 1.165) is 12.8 Å². The van der Waals surface area contributed by atoms with Crippen LogP contribution in [-0.2, 0) is 4.74 Å². The number of H-pyrrole nitrogens is 1. The molecule has 3 heterocycles. The average Bonchev–Trinajstić information content (AvgIpc) is 3.10. The third kappa shape index (κ3) is 3.18. The van der Waals surface area contributed by atoms with Crippen LogP contribution in [0.1, 0.15) is 23.2 Å². The molecule has 1 fully saturated rings. The first kappa shape index (κ1) is 18.0. The van der Waals surface area contributed by atoms with Gasteiger partial charge in [0.05, 0.1) is 18.3 Å². The van der Waals surface area contributed by atoms with Crippen molar-refractivity contribution in [3.05, 3.63) is 46.5 Å². The lowest BCUT2D eigenvalue weighted by molar-refractivity contribution is 0.00732. The Morgan fingerprint density at radius 3 is 2.93 bits per heavy atom. The first-order valence-corrected chi connectivity index (χ1v) is 8.95. The summed E-state index contributed by atoms with van der Waals surface area (Å²) in [6.45, 7) is 0. The number of anilines is 3. The highest BCUT2D eigenvalue weighted by atomic mass is 16.5. The number of hydrogen-bond donors (Lipinski definition) is 4. The molecule has 0 aliphatic heterocycles. The van der Waals surface area contributed by atoms with Gasteiger partial charge in [0.2, 0.25) is 0 Å². The Morgan fingerprint density at radius 2 is 2.25 bits per heavy atom. The monoisotopic (exact) mass is 383 g/mol. The fourth-order valence-electron chi connectivity index (χ4n) is 3.19. The molecule has 10 heteroatoms. The third-order valence-corrected chi connectivity index (χ3v) is 4.88. The summed E-state index contributed by atoms with van der Waals surface area (Å²) in [5, 5.41) is 13.3. The van der Waals surface area contributed by atoms with Crippen LogP contribution < -0.4 is 21.5 Å². The maximum absolute atomic E-state index is 12.8. The van der Waals surface area contributed by atoms with E-state index in [0.29, 0.717) is 28.5 Å². The van der Waals surface area contributed by atoms with Gasteiger partial charge in [0.25, 0.3) is 11.5 Å².